The summed E-state index contributed by atoms with van der Waals surface area (Å²) in [7, 11) is 1.62. The largest absolute Gasteiger partial charge is 0.497 e. The third-order valence-electron chi connectivity index (χ3n) is 5.44. The molecule has 2 aromatic rings. The van der Waals surface area contributed by atoms with Gasteiger partial charge in [-0.3, -0.25) is 10.2 Å². The van der Waals surface area contributed by atoms with E-state index in [1.165, 1.54) is 0 Å². The van der Waals surface area contributed by atoms with Gasteiger partial charge in [0, 0.05) is 31.6 Å². The van der Waals surface area contributed by atoms with Crippen molar-refractivity contribution in [1.82, 2.24) is 10.9 Å². The Balaban J connectivity index is 1.67. The van der Waals surface area contributed by atoms with E-state index in [1.807, 2.05) is 55.5 Å². The Morgan fingerprint density at radius 2 is 1.91 bits per heavy atom. The van der Waals surface area contributed by atoms with Crippen molar-refractivity contribution in [2.75, 3.05) is 20.3 Å². The number of amides is 1. The van der Waals surface area contributed by atoms with Crippen molar-refractivity contribution in [1.29, 1.82) is 0 Å². The van der Waals surface area contributed by atoms with E-state index in [0.717, 1.165) is 16.9 Å². The second kappa shape index (κ2) is 11.5. The van der Waals surface area contributed by atoms with Crippen molar-refractivity contribution in [3.05, 3.63) is 72.3 Å². The summed E-state index contributed by atoms with van der Waals surface area (Å²) in [5.41, 5.74) is 6.37. The van der Waals surface area contributed by atoms with Gasteiger partial charge in [-0.25, -0.2) is 10.4 Å². The number of ether oxygens (including phenoxy) is 3. The minimum Gasteiger partial charge on any atom is -0.497 e. The Kier molecular flexibility index (Phi) is 8.46. The molecule has 0 saturated heterocycles. The van der Waals surface area contributed by atoms with Gasteiger partial charge >= 0.3 is 0 Å². The number of aliphatic hydroxyl groups is 1. The maximum atomic E-state index is 13.2. The molecule has 8 nitrogen and oxygen atoms in total. The summed E-state index contributed by atoms with van der Waals surface area (Å²) in [6.07, 6.45) is 2.10. The zero-order chi connectivity index (χ0) is 23.7. The van der Waals surface area contributed by atoms with Crippen LogP contribution in [0.15, 0.2) is 66.2 Å². The Labute approximate surface area is 194 Å². The van der Waals surface area contributed by atoms with Gasteiger partial charge in [-0.1, -0.05) is 18.2 Å². The highest BCUT2D eigenvalue weighted by molar-refractivity contribution is 6.00. The first kappa shape index (κ1) is 24.3. The monoisotopic (exact) mass is 453 g/mol. The number of hydrogen-bond donors (Lipinski definition) is 3. The quantitative estimate of drug-likeness (QED) is 0.260. The molecule has 0 spiro atoms. The van der Waals surface area contributed by atoms with Crippen LogP contribution in [0.3, 0.4) is 0 Å². The van der Waals surface area contributed by atoms with Crippen molar-refractivity contribution >= 4 is 11.8 Å². The molecule has 0 saturated carbocycles. The van der Waals surface area contributed by atoms with Crippen molar-refractivity contribution in [3.8, 4) is 11.5 Å². The van der Waals surface area contributed by atoms with E-state index in [-0.39, 0.29) is 12.5 Å². The number of carbonyl (C=O) groups is 1. The van der Waals surface area contributed by atoms with Crippen LogP contribution < -0.4 is 20.3 Å². The first-order chi connectivity index (χ1) is 16.0. The van der Waals surface area contributed by atoms with Crippen LogP contribution >= 0.6 is 0 Å². The molecule has 3 N–H and O–H groups in total. The second-order valence-corrected chi connectivity index (χ2v) is 7.70. The number of nitrogens with one attached hydrogen (secondary N) is 2. The minimum atomic E-state index is -1.12. The summed E-state index contributed by atoms with van der Waals surface area (Å²) in [4.78, 5) is 17.9. The highest BCUT2D eigenvalue weighted by Crippen LogP contribution is 2.32. The van der Waals surface area contributed by atoms with Crippen LogP contribution in [0, 0.1) is 0 Å². The molecule has 0 aromatic heterocycles. The fraction of sp³-hybridized carbons (Fsp3) is 0.360. The predicted octanol–water partition coefficient (Wildman–Crippen LogP) is 2.76. The maximum absolute atomic E-state index is 13.2. The van der Waals surface area contributed by atoms with Gasteiger partial charge in [0.1, 0.15) is 17.6 Å². The molecule has 1 amide bonds. The third-order valence-corrected chi connectivity index (χ3v) is 5.44. The Morgan fingerprint density at radius 3 is 2.55 bits per heavy atom. The molecule has 8 heteroatoms. The number of hydrogen-bond acceptors (Lipinski definition) is 7. The van der Waals surface area contributed by atoms with E-state index in [9.17, 15) is 4.79 Å². The van der Waals surface area contributed by atoms with E-state index in [1.54, 1.807) is 13.2 Å². The third kappa shape index (κ3) is 5.91. The van der Waals surface area contributed by atoms with Gasteiger partial charge in [-0.15, -0.1) is 6.58 Å². The van der Waals surface area contributed by atoms with E-state index >= 15 is 0 Å². The zero-order valence-corrected chi connectivity index (χ0v) is 19.0. The number of aliphatic hydroxyl groups excluding tert-OH is 1. The molecule has 0 fully saturated rings. The SMILES string of the molecule is C=CC[C@]1(C(=O)NNCc2ccc(OC)cc2)N=C(c2ccc(OCCCO)cc2)O[C@H]1C. The predicted molar refractivity (Wildman–Crippen MR) is 126 cm³/mol. The standard InChI is InChI=1S/C25H31N3O5/c1-4-14-25(24(30)28-26-17-19-6-10-21(31-3)11-7-19)18(2)33-23(27-25)20-8-12-22(13-9-20)32-16-5-15-29/h4,6-13,18,26,29H,1,5,14-17H2,2-3H3,(H,28,30)/t18-,25-/m0/s1. The van der Waals surface area contributed by atoms with Crippen molar-refractivity contribution in [2.24, 2.45) is 4.99 Å². The lowest BCUT2D eigenvalue weighted by atomic mass is 9.90. The summed E-state index contributed by atoms with van der Waals surface area (Å²) >= 11 is 0. The van der Waals surface area contributed by atoms with E-state index in [0.29, 0.717) is 37.6 Å². The molecule has 0 bridgehead atoms. The summed E-state index contributed by atoms with van der Waals surface area (Å²) < 4.78 is 16.7. The lowest BCUT2D eigenvalue weighted by molar-refractivity contribution is -0.129. The first-order valence-corrected chi connectivity index (χ1v) is 10.9. The molecule has 0 aliphatic carbocycles. The van der Waals surface area contributed by atoms with Crippen LogP contribution in [0.25, 0.3) is 0 Å². The summed E-state index contributed by atoms with van der Waals surface area (Å²) in [6.45, 7) is 6.61. The maximum Gasteiger partial charge on any atom is 0.266 e. The molecule has 3 rings (SSSR count). The lowest BCUT2D eigenvalue weighted by Crippen LogP contribution is -2.54. The molecule has 176 valence electrons. The molecule has 0 unspecified atom stereocenters. The van der Waals surface area contributed by atoms with Gasteiger partial charge in [-0.2, -0.15) is 0 Å². The highest BCUT2D eigenvalue weighted by Gasteiger charge is 2.49. The first-order valence-electron chi connectivity index (χ1n) is 10.9. The smallest absolute Gasteiger partial charge is 0.266 e. The van der Waals surface area contributed by atoms with Crippen molar-refractivity contribution in [2.45, 2.75) is 38.0 Å². The average molecular weight is 454 g/mol. The van der Waals surface area contributed by atoms with E-state index in [2.05, 4.69) is 17.4 Å². The second-order valence-electron chi connectivity index (χ2n) is 7.70. The minimum absolute atomic E-state index is 0.0863. The normalized spacial score (nSPS) is 19.4. The number of rotatable bonds is 12. The summed E-state index contributed by atoms with van der Waals surface area (Å²) in [5.74, 6) is 1.58. The average Bonchev–Trinajstić information content (AvgIpc) is 3.17. The van der Waals surface area contributed by atoms with Gasteiger partial charge in [0.15, 0.2) is 5.54 Å². The van der Waals surface area contributed by atoms with Crippen LogP contribution in [-0.2, 0) is 16.1 Å². The van der Waals surface area contributed by atoms with Gasteiger partial charge in [0.25, 0.3) is 5.91 Å². The number of methoxy groups -OCH3 is 1. The number of nitrogens with zero attached hydrogens (tertiary/aromatic N) is 1. The van der Waals surface area contributed by atoms with Crippen LogP contribution in [-0.4, -0.2) is 48.9 Å². The fourth-order valence-corrected chi connectivity index (χ4v) is 3.48. The fourth-order valence-electron chi connectivity index (χ4n) is 3.48. The molecule has 2 aromatic carbocycles. The Hall–Kier alpha value is -3.36. The highest BCUT2D eigenvalue weighted by atomic mass is 16.5. The van der Waals surface area contributed by atoms with Crippen LogP contribution in [0.1, 0.15) is 30.9 Å². The molecule has 2 atom stereocenters. The molecule has 33 heavy (non-hydrogen) atoms. The number of aliphatic imine (C=N–C) groups is 1. The molecule has 0 radical (unpaired) electrons. The van der Waals surface area contributed by atoms with Crippen molar-refractivity contribution in [3.63, 3.8) is 0 Å². The van der Waals surface area contributed by atoms with Gasteiger partial charge in [0.05, 0.1) is 13.7 Å². The Bertz CT molecular complexity index is 959. The number of benzene rings is 2. The van der Waals surface area contributed by atoms with E-state index < -0.39 is 11.6 Å². The lowest BCUT2D eigenvalue weighted by Gasteiger charge is -2.26. The topological polar surface area (TPSA) is 101 Å². The molecule has 1 aliphatic heterocycles. The van der Waals surface area contributed by atoms with Gasteiger partial charge < -0.3 is 19.3 Å². The van der Waals surface area contributed by atoms with Crippen molar-refractivity contribution < 1.29 is 24.1 Å². The summed E-state index contributed by atoms with van der Waals surface area (Å²) in [6, 6.07) is 14.9. The van der Waals surface area contributed by atoms with Gasteiger partial charge in [-0.05, 0) is 48.9 Å². The molecule has 1 heterocycles. The van der Waals surface area contributed by atoms with Crippen LogP contribution in [0.2, 0.25) is 0 Å². The Morgan fingerprint density at radius 1 is 1.21 bits per heavy atom. The van der Waals surface area contributed by atoms with Crippen LogP contribution in [0.5, 0.6) is 11.5 Å². The van der Waals surface area contributed by atoms with E-state index in [4.69, 9.17) is 24.3 Å². The van der Waals surface area contributed by atoms with Crippen LogP contribution in [0.4, 0.5) is 0 Å². The van der Waals surface area contributed by atoms with Gasteiger partial charge in [0.2, 0.25) is 5.90 Å². The summed E-state index contributed by atoms with van der Waals surface area (Å²) in [5, 5.41) is 8.86. The zero-order valence-electron chi connectivity index (χ0n) is 19.0. The number of carbonyl (C=O) groups excluding carboxylic acids is 1. The molecule has 1 aliphatic rings. The molecular weight excluding hydrogens is 422 g/mol. The molecular formula is C25H31N3O5. The number of hydrazine groups is 1.